The van der Waals surface area contributed by atoms with E-state index >= 15 is 0 Å². The van der Waals surface area contributed by atoms with Gasteiger partial charge in [0.05, 0.1) is 12.3 Å². The van der Waals surface area contributed by atoms with Gasteiger partial charge in [0, 0.05) is 24.4 Å². The van der Waals surface area contributed by atoms with E-state index in [-0.39, 0.29) is 24.1 Å². The van der Waals surface area contributed by atoms with Crippen LogP contribution in [0.4, 0.5) is 0 Å². The lowest BCUT2D eigenvalue weighted by Gasteiger charge is -2.10. The molecule has 0 atom stereocenters. The van der Waals surface area contributed by atoms with Gasteiger partial charge in [0.1, 0.15) is 16.2 Å². The fourth-order valence-corrected chi connectivity index (χ4v) is 4.68. The van der Waals surface area contributed by atoms with E-state index in [4.69, 9.17) is 0 Å². The van der Waals surface area contributed by atoms with Crippen LogP contribution < -0.4 is 5.32 Å². The van der Waals surface area contributed by atoms with E-state index in [1.165, 1.54) is 33.5 Å². The normalized spacial score (nSPS) is 13.1. The summed E-state index contributed by atoms with van der Waals surface area (Å²) < 4.78 is 0. The molecule has 2 amide bonds. The van der Waals surface area contributed by atoms with Gasteiger partial charge < -0.3 is 10.2 Å². The molecule has 3 rings (SSSR count). The molecule has 0 fully saturated rings. The Morgan fingerprint density at radius 1 is 1.35 bits per heavy atom. The highest BCUT2D eigenvalue weighted by Crippen LogP contribution is 2.39. The van der Waals surface area contributed by atoms with Gasteiger partial charge in [-0.15, -0.1) is 11.3 Å². The molecule has 2 heterocycles. The minimum absolute atomic E-state index is 0.0272. The highest BCUT2D eigenvalue weighted by atomic mass is 32.2. The van der Waals surface area contributed by atoms with Gasteiger partial charge in [-0.05, 0) is 24.8 Å². The molecule has 8 heteroatoms. The SMILES string of the molecule is CN(C)C(=O)CNC(=O)CSc1ncnc2sc3c(c12)CCC3. The van der Waals surface area contributed by atoms with Gasteiger partial charge >= 0.3 is 0 Å². The minimum atomic E-state index is -0.163. The van der Waals surface area contributed by atoms with E-state index in [1.54, 1.807) is 31.8 Å². The average Bonchev–Trinajstić information content (AvgIpc) is 3.10. The van der Waals surface area contributed by atoms with Crippen LogP contribution in [-0.2, 0) is 22.4 Å². The van der Waals surface area contributed by atoms with Crippen LogP contribution in [0.3, 0.4) is 0 Å². The lowest BCUT2D eigenvalue weighted by molar-refractivity contribution is -0.130. The monoisotopic (exact) mass is 350 g/mol. The summed E-state index contributed by atoms with van der Waals surface area (Å²) in [5, 5.41) is 4.62. The zero-order valence-electron chi connectivity index (χ0n) is 13.1. The smallest absolute Gasteiger partial charge is 0.241 e. The Morgan fingerprint density at radius 3 is 2.96 bits per heavy atom. The number of thioether (sulfide) groups is 1. The zero-order valence-corrected chi connectivity index (χ0v) is 14.7. The summed E-state index contributed by atoms with van der Waals surface area (Å²) in [7, 11) is 3.33. The Hall–Kier alpha value is -1.67. The Morgan fingerprint density at radius 2 is 2.17 bits per heavy atom. The van der Waals surface area contributed by atoms with Crippen LogP contribution in [-0.4, -0.2) is 53.1 Å². The summed E-state index contributed by atoms with van der Waals surface area (Å²) >= 11 is 3.14. The average molecular weight is 350 g/mol. The van der Waals surface area contributed by atoms with Gasteiger partial charge in [-0.2, -0.15) is 0 Å². The molecule has 1 aliphatic carbocycles. The largest absolute Gasteiger partial charge is 0.347 e. The fourth-order valence-electron chi connectivity index (χ4n) is 2.53. The molecule has 0 radical (unpaired) electrons. The molecule has 0 bridgehead atoms. The molecule has 0 saturated carbocycles. The molecule has 23 heavy (non-hydrogen) atoms. The van der Waals surface area contributed by atoms with E-state index in [0.717, 1.165) is 28.1 Å². The van der Waals surface area contributed by atoms with Crippen molar-refractivity contribution >= 4 is 45.1 Å². The summed E-state index contributed by atoms with van der Waals surface area (Å²) in [5.74, 6) is -0.0375. The molecule has 0 aromatic carbocycles. The number of thiophene rings is 1. The number of hydrogen-bond acceptors (Lipinski definition) is 6. The number of amides is 2. The predicted octanol–water partition coefficient (Wildman–Crippen LogP) is 1.48. The van der Waals surface area contributed by atoms with Crippen molar-refractivity contribution in [3.05, 3.63) is 16.8 Å². The lowest BCUT2D eigenvalue weighted by atomic mass is 10.2. The van der Waals surface area contributed by atoms with Crippen molar-refractivity contribution in [2.45, 2.75) is 24.3 Å². The van der Waals surface area contributed by atoms with Crippen LogP contribution in [0.5, 0.6) is 0 Å². The highest BCUT2D eigenvalue weighted by Gasteiger charge is 2.21. The quantitative estimate of drug-likeness (QED) is 0.653. The standard InChI is InChI=1S/C15H18N4O2S2/c1-19(2)12(21)6-16-11(20)7-22-14-13-9-4-3-5-10(9)23-15(13)18-8-17-14/h8H,3-7H2,1-2H3,(H,16,20). The second-order valence-electron chi connectivity index (χ2n) is 5.57. The molecule has 122 valence electrons. The highest BCUT2D eigenvalue weighted by molar-refractivity contribution is 8.00. The van der Waals surface area contributed by atoms with Crippen LogP contribution >= 0.6 is 23.1 Å². The molecular weight excluding hydrogens is 332 g/mol. The minimum Gasteiger partial charge on any atom is -0.347 e. The van der Waals surface area contributed by atoms with E-state index in [0.29, 0.717) is 0 Å². The second kappa shape index (κ2) is 6.84. The summed E-state index contributed by atoms with van der Waals surface area (Å²) in [6.07, 6.45) is 4.93. The number of carbonyl (C=O) groups excluding carboxylic acids is 2. The maximum absolute atomic E-state index is 11.9. The summed E-state index contributed by atoms with van der Waals surface area (Å²) in [6.45, 7) is 0.0272. The van der Waals surface area contributed by atoms with Gasteiger partial charge in [0.15, 0.2) is 0 Å². The Kier molecular flexibility index (Phi) is 4.82. The number of carbonyl (C=O) groups is 2. The zero-order chi connectivity index (χ0) is 16.4. The van der Waals surface area contributed by atoms with Crippen LogP contribution in [0, 0.1) is 0 Å². The Balaban J connectivity index is 1.66. The lowest BCUT2D eigenvalue weighted by Crippen LogP contribution is -2.36. The van der Waals surface area contributed by atoms with E-state index in [2.05, 4.69) is 15.3 Å². The van der Waals surface area contributed by atoms with Crippen molar-refractivity contribution in [1.29, 1.82) is 0 Å². The molecule has 0 unspecified atom stereocenters. The van der Waals surface area contributed by atoms with Crippen molar-refractivity contribution in [1.82, 2.24) is 20.2 Å². The first-order valence-corrected chi connectivity index (χ1v) is 9.21. The molecule has 0 aliphatic heterocycles. The number of aromatic nitrogens is 2. The molecule has 0 spiro atoms. The number of nitrogens with zero attached hydrogens (tertiary/aromatic N) is 3. The molecule has 2 aromatic heterocycles. The molecular formula is C15H18N4O2S2. The number of likely N-dealkylation sites (N-methyl/N-ethyl adjacent to an activating group) is 1. The maximum Gasteiger partial charge on any atom is 0.241 e. The Labute approximate surface area is 142 Å². The van der Waals surface area contributed by atoms with Crippen LogP contribution in [0.2, 0.25) is 0 Å². The number of aryl methyl sites for hydroxylation is 2. The summed E-state index contributed by atoms with van der Waals surface area (Å²) in [4.78, 5) is 36.0. The van der Waals surface area contributed by atoms with Gasteiger partial charge in [0.25, 0.3) is 0 Å². The van der Waals surface area contributed by atoms with Gasteiger partial charge in [-0.1, -0.05) is 11.8 Å². The summed E-state index contributed by atoms with van der Waals surface area (Å²) in [5.41, 5.74) is 1.36. The molecule has 6 nitrogen and oxygen atoms in total. The van der Waals surface area contributed by atoms with Crippen LogP contribution in [0.1, 0.15) is 16.9 Å². The van der Waals surface area contributed by atoms with Gasteiger partial charge in [0.2, 0.25) is 11.8 Å². The Bertz CT molecular complexity index is 757. The van der Waals surface area contributed by atoms with E-state index in [1.807, 2.05) is 0 Å². The van der Waals surface area contributed by atoms with Crippen LogP contribution in [0.25, 0.3) is 10.2 Å². The summed E-state index contributed by atoms with van der Waals surface area (Å²) in [6, 6.07) is 0. The third kappa shape index (κ3) is 3.48. The second-order valence-corrected chi connectivity index (χ2v) is 7.62. The van der Waals surface area contributed by atoms with Gasteiger partial charge in [-0.25, -0.2) is 9.97 Å². The van der Waals surface area contributed by atoms with Crippen molar-refractivity contribution in [2.75, 3.05) is 26.4 Å². The molecule has 2 aromatic rings. The first-order chi connectivity index (χ1) is 11.1. The third-order valence-corrected chi connectivity index (χ3v) is 5.93. The first kappa shape index (κ1) is 16.2. The fraction of sp³-hybridized carbons (Fsp3) is 0.467. The maximum atomic E-state index is 11.9. The molecule has 0 saturated heterocycles. The third-order valence-electron chi connectivity index (χ3n) is 3.74. The first-order valence-electron chi connectivity index (χ1n) is 7.41. The van der Waals surface area contributed by atoms with Gasteiger partial charge in [-0.3, -0.25) is 9.59 Å². The van der Waals surface area contributed by atoms with E-state index < -0.39 is 0 Å². The van der Waals surface area contributed by atoms with E-state index in [9.17, 15) is 9.59 Å². The molecule has 1 aliphatic rings. The van der Waals surface area contributed by atoms with Crippen molar-refractivity contribution < 1.29 is 9.59 Å². The van der Waals surface area contributed by atoms with Crippen molar-refractivity contribution in [3.8, 4) is 0 Å². The molecule has 1 N–H and O–H groups in total. The van der Waals surface area contributed by atoms with Crippen molar-refractivity contribution in [3.63, 3.8) is 0 Å². The predicted molar refractivity (Wildman–Crippen MR) is 91.9 cm³/mol. The topological polar surface area (TPSA) is 75.2 Å². The number of rotatable bonds is 5. The van der Waals surface area contributed by atoms with Crippen molar-refractivity contribution in [2.24, 2.45) is 0 Å². The number of fused-ring (bicyclic) bond motifs is 3. The number of hydrogen-bond donors (Lipinski definition) is 1. The van der Waals surface area contributed by atoms with Crippen LogP contribution in [0.15, 0.2) is 11.4 Å². The number of nitrogens with one attached hydrogen (secondary N) is 1.